The van der Waals surface area contributed by atoms with Crippen molar-refractivity contribution in [3.63, 3.8) is 0 Å². The topological polar surface area (TPSA) is 427 Å². The molecule has 0 heterocycles. The molecule has 0 aliphatic carbocycles. The number of esters is 3. The summed E-state index contributed by atoms with van der Waals surface area (Å²) in [5.74, 6) is -0.0262. The Labute approximate surface area is 486 Å². The number of benzene rings is 6. The van der Waals surface area contributed by atoms with Crippen LogP contribution in [0.25, 0.3) is 0 Å². The number of carbonyl (C=O) groups excluding carboxylic acids is 3. The number of carbonyl (C=O) groups is 3. The summed E-state index contributed by atoms with van der Waals surface area (Å²) in [5, 5.41) is 34.8. The monoisotopic (exact) mass is 1240 g/mol. The number of para-hydroxylation sites is 3. The molecule has 0 aliphatic heterocycles. The fraction of sp³-hybridized carbons (Fsp3) is 0.278. The lowest BCUT2D eigenvalue weighted by Crippen LogP contribution is -2.73. The minimum atomic E-state index is -3.96. The van der Waals surface area contributed by atoms with Crippen LogP contribution < -0.4 is 58.8 Å². The maximum absolute atomic E-state index is 13.3. The van der Waals surface area contributed by atoms with Gasteiger partial charge in [-0.15, -0.1) is 0 Å². The molecule has 84 heavy (non-hydrogen) atoms. The van der Waals surface area contributed by atoms with E-state index in [2.05, 4.69) is 15.3 Å². The molecule has 1 unspecified atom stereocenters. The van der Waals surface area contributed by atoms with Crippen molar-refractivity contribution in [2.75, 3.05) is 0 Å². The van der Waals surface area contributed by atoms with E-state index in [1.807, 2.05) is 0 Å². The highest BCUT2D eigenvalue weighted by Crippen LogP contribution is 2.48. The summed E-state index contributed by atoms with van der Waals surface area (Å²) in [4.78, 5) is 36.2. The number of nitrogens with one attached hydrogen (secondary N) is 3. The molecule has 0 saturated carbocycles. The van der Waals surface area contributed by atoms with Crippen molar-refractivity contribution in [3.8, 4) is 34.5 Å². The quantitative estimate of drug-likeness (QED) is 0.00963. The summed E-state index contributed by atoms with van der Waals surface area (Å²) >= 11 is 0. The zero-order valence-corrected chi connectivity index (χ0v) is 50.3. The van der Waals surface area contributed by atoms with Crippen LogP contribution in [0.5, 0.6) is 34.5 Å². The van der Waals surface area contributed by atoms with E-state index in [1.165, 1.54) is 57.2 Å². The lowest BCUT2D eigenvalue weighted by Gasteiger charge is -2.23. The van der Waals surface area contributed by atoms with Crippen LogP contribution >= 0.6 is 23.2 Å². The maximum atomic E-state index is 13.3. The SMILES string of the molecule is CC(C)OC(=O)[C@H](C)NP(=O)(Oc1ccccc1)Oc1ccc([NH2+]O)cc1.CC(C)OC(=O)[C@H](C)N[P@@](=O)(Oc1ccccc1)Oc1ccc([NH2+]O)cc1.CC(C)OC(=O)[C@H](C)N[P@](=O)(Oc1ccccc1)Oc1ccc([NH2+]O)cc1.O.O.O. The van der Waals surface area contributed by atoms with Gasteiger partial charge in [0.25, 0.3) is 0 Å². The number of quaternary nitrogens is 3. The van der Waals surface area contributed by atoms with Crippen molar-refractivity contribution in [1.29, 1.82) is 0 Å². The van der Waals surface area contributed by atoms with Crippen LogP contribution in [0.2, 0.25) is 0 Å². The smallest absolute Gasteiger partial charge is 0.462 e. The first kappa shape index (κ1) is 74.8. The molecule has 18 N–H and O–H groups in total. The molecule has 0 amide bonds. The predicted octanol–water partition coefficient (Wildman–Crippen LogP) is 5.82. The summed E-state index contributed by atoms with van der Waals surface area (Å²) < 4.78 is 88.5. The summed E-state index contributed by atoms with van der Waals surface area (Å²) in [7, 11) is -11.9. The molecule has 462 valence electrons. The van der Waals surface area contributed by atoms with Gasteiger partial charge in [0, 0.05) is 36.4 Å². The molecular weight excluding hydrogens is 1160 g/mol. The predicted molar refractivity (Wildman–Crippen MR) is 308 cm³/mol. The van der Waals surface area contributed by atoms with Crippen molar-refractivity contribution < 1.29 is 118 Å². The number of hydrogen-bond acceptors (Lipinski definition) is 18. The first-order valence-corrected chi connectivity index (χ1v) is 29.9. The largest absolute Gasteiger partial charge is 0.513 e. The molecule has 0 bridgehead atoms. The molecule has 0 saturated heterocycles. The zero-order valence-electron chi connectivity index (χ0n) is 47.6. The minimum Gasteiger partial charge on any atom is -0.462 e. The Balaban J connectivity index is 0.000000619. The third kappa shape index (κ3) is 27.4. The fourth-order valence-electron chi connectivity index (χ4n) is 6.21. The third-order valence-electron chi connectivity index (χ3n) is 9.84. The van der Waals surface area contributed by atoms with Crippen LogP contribution in [0.1, 0.15) is 62.3 Å². The van der Waals surface area contributed by atoms with Gasteiger partial charge in [0.2, 0.25) is 0 Å². The van der Waals surface area contributed by atoms with Gasteiger partial charge in [-0.1, -0.05) is 54.6 Å². The molecule has 0 spiro atoms. The molecular formula is C54H78N6O21P3+3. The van der Waals surface area contributed by atoms with Gasteiger partial charge < -0.3 is 57.8 Å². The lowest BCUT2D eigenvalue weighted by molar-refractivity contribution is -0.825. The average Bonchev–Trinajstić information content (AvgIpc) is 3.42. The second-order valence-electron chi connectivity index (χ2n) is 18.1. The van der Waals surface area contributed by atoms with Gasteiger partial charge in [-0.05, 0) is 135 Å². The molecule has 6 atom stereocenters. The summed E-state index contributed by atoms with van der Waals surface area (Å²) in [6.45, 7) is 14.9. The molecule has 27 nitrogen and oxygen atoms in total. The number of hydrogen-bond donors (Lipinski definition) is 9. The van der Waals surface area contributed by atoms with Crippen LogP contribution in [-0.2, 0) is 42.3 Å². The second-order valence-corrected chi connectivity index (χ2v) is 22.9. The average molecular weight is 1240 g/mol. The Morgan fingerprint density at radius 3 is 0.679 bits per heavy atom. The molecule has 6 rings (SSSR count). The number of ether oxygens (including phenoxy) is 3. The molecule has 0 aromatic heterocycles. The third-order valence-corrected chi connectivity index (χ3v) is 14.7. The molecule has 0 fully saturated rings. The molecule has 0 radical (unpaired) electrons. The Morgan fingerprint density at radius 2 is 0.512 bits per heavy atom. The van der Waals surface area contributed by atoms with Crippen molar-refractivity contribution in [1.82, 2.24) is 15.3 Å². The van der Waals surface area contributed by atoms with E-state index in [0.717, 1.165) is 16.4 Å². The highest BCUT2D eigenvalue weighted by Gasteiger charge is 2.37. The van der Waals surface area contributed by atoms with E-state index >= 15 is 0 Å². The fourth-order valence-corrected chi connectivity index (χ4v) is 10.8. The van der Waals surface area contributed by atoms with Gasteiger partial charge >= 0.3 is 41.1 Å². The number of nitrogens with two attached hydrogens (primary N) is 3. The van der Waals surface area contributed by atoms with Gasteiger partial charge in [-0.2, -0.15) is 31.7 Å². The highest BCUT2D eigenvalue weighted by atomic mass is 31.2. The summed E-state index contributed by atoms with van der Waals surface area (Å²) in [5.41, 5.74) is 4.48. The Bertz CT molecular complexity index is 2670. The van der Waals surface area contributed by atoms with Crippen molar-refractivity contribution in [2.45, 2.75) is 98.8 Å². The highest BCUT2D eigenvalue weighted by molar-refractivity contribution is 7.53. The maximum Gasteiger partial charge on any atom is 0.513 e. The van der Waals surface area contributed by atoms with Gasteiger partial charge in [0.15, 0.2) is 17.1 Å². The number of rotatable bonds is 27. The van der Waals surface area contributed by atoms with Crippen molar-refractivity contribution in [2.24, 2.45) is 0 Å². The van der Waals surface area contributed by atoms with Gasteiger partial charge in [0.1, 0.15) is 52.6 Å². The van der Waals surface area contributed by atoms with Crippen molar-refractivity contribution in [3.05, 3.63) is 164 Å². The van der Waals surface area contributed by atoms with E-state index < -0.39 is 59.3 Å². The van der Waals surface area contributed by atoms with E-state index in [4.69, 9.17) is 57.0 Å². The van der Waals surface area contributed by atoms with Crippen LogP contribution in [0.15, 0.2) is 164 Å². The summed E-state index contributed by atoms with van der Waals surface area (Å²) in [6, 6.07) is 41.4. The van der Waals surface area contributed by atoms with Gasteiger partial charge in [-0.3, -0.25) is 14.4 Å². The normalized spacial score (nSPS) is 13.8. The molecule has 30 heteroatoms. The van der Waals surface area contributed by atoms with Crippen LogP contribution in [0.4, 0.5) is 17.1 Å². The van der Waals surface area contributed by atoms with Crippen LogP contribution in [0.3, 0.4) is 0 Å². The Kier molecular flexibility index (Phi) is 33.0. The van der Waals surface area contributed by atoms with Gasteiger partial charge in [-0.25, -0.2) is 29.3 Å². The van der Waals surface area contributed by atoms with Crippen LogP contribution in [0, 0.1) is 0 Å². The van der Waals surface area contributed by atoms with E-state index in [-0.39, 0.29) is 52.0 Å². The lowest BCUT2D eigenvalue weighted by atomic mass is 10.3. The van der Waals surface area contributed by atoms with E-state index in [9.17, 15) is 28.1 Å². The first-order valence-electron chi connectivity index (χ1n) is 25.2. The second kappa shape index (κ2) is 37.1. The summed E-state index contributed by atoms with van der Waals surface area (Å²) in [6.07, 6.45) is -0.918. The molecule has 6 aromatic carbocycles. The minimum absolute atomic E-state index is 0. The van der Waals surface area contributed by atoms with Gasteiger partial charge in [0.05, 0.1) is 18.3 Å². The van der Waals surface area contributed by atoms with E-state index in [0.29, 0.717) is 34.3 Å². The first-order chi connectivity index (χ1) is 38.4. The zero-order chi connectivity index (χ0) is 59.6. The van der Waals surface area contributed by atoms with Crippen molar-refractivity contribution >= 4 is 58.2 Å². The molecule has 6 aromatic rings. The van der Waals surface area contributed by atoms with E-state index in [1.54, 1.807) is 169 Å². The molecule has 0 aliphatic rings. The van der Waals surface area contributed by atoms with Crippen LogP contribution in [-0.4, -0.2) is 86.4 Å². The Morgan fingerprint density at radius 1 is 0.333 bits per heavy atom. The Hall–Kier alpha value is -7.26. The standard InChI is InChI=1S/3C18H23N2O6P.3H2O/c3*1-13(2)24-18(21)14(3)20-27(23,25-16-7-5-4-6-8-16)26-17-11-9-15(19-22)10-12-17;;;/h3*4-14,19,22H,1-3H3,(H,20,23);3*1H2/p+3/t14-,27?;14-,27+;14-,27-;;;/m000.../s1.